The lowest BCUT2D eigenvalue weighted by Gasteiger charge is -2.30. The van der Waals surface area contributed by atoms with Gasteiger partial charge in [-0.25, -0.2) is 8.42 Å². The first-order chi connectivity index (χ1) is 15.3. The maximum Gasteiger partial charge on any atom is 0.261 e. The minimum atomic E-state index is -3.53. The second-order valence-corrected chi connectivity index (χ2v) is 10.3. The Balaban J connectivity index is 1.47. The molecule has 0 atom stereocenters. The highest BCUT2D eigenvalue weighted by Gasteiger charge is 2.34. The lowest BCUT2D eigenvalue weighted by molar-refractivity contribution is 0.0693. The summed E-state index contributed by atoms with van der Waals surface area (Å²) in [7, 11) is -2.11. The summed E-state index contributed by atoms with van der Waals surface area (Å²) in [6.07, 6.45) is 3.13. The molecule has 32 heavy (non-hydrogen) atoms. The van der Waals surface area contributed by atoms with Crippen molar-refractivity contribution in [2.24, 2.45) is 0 Å². The highest BCUT2D eigenvalue weighted by atomic mass is 32.2. The first-order valence-electron chi connectivity index (χ1n) is 10.7. The zero-order valence-electron chi connectivity index (χ0n) is 17.7. The molecule has 0 radical (unpaired) electrons. The van der Waals surface area contributed by atoms with E-state index in [2.05, 4.69) is 0 Å². The van der Waals surface area contributed by atoms with Gasteiger partial charge in [0.1, 0.15) is 0 Å². The van der Waals surface area contributed by atoms with Crippen LogP contribution in [0.15, 0.2) is 41.3 Å². The Labute approximate surface area is 186 Å². The van der Waals surface area contributed by atoms with Gasteiger partial charge in [-0.15, -0.1) is 0 Å². The molecule has 1 saturated heterocycles. The molecule has 1 fully saturated rings. The summed E-state index contributed by atoms with van der Waals surface area (Å²) in [5, 5.41) is 0. The third-order valence-electron chi connectivity index (χ3n) is 6.45. The summed E-state index contributed by atoms with van der Waals surface area (Å²) < 4.78 is 27.4. The topological polar surface area (TPSA) is 95.1 Å². The van der Waals surface area contributed by atoms with E-state index in [1.54, 1.807) is 29.2 Å². The average Bonchev–Trinajstić information content (AvgIpc) is 3.43. The Morgan fingerprint density at radius 2 is 1.59 bits per heavy atom. The lowest BCUT2D eigenvalue weighted by Crippen LogP contribution is -2.36. The van der Waals surface area contributed by atoms with Crippen LogP contribution in [0, 0.1) is 0 Å². The zero-order chi connectivity index (χ0) is 22.6. The van der Waals surface area contributed by atoms with E-state index in [1.807, 2.05) is 0 Å². The first kappa shape index (κ1) is 20.8. The Bertz CT molecular complexity index is 1260. The summed E-state index contributed by atoms with van der Waals surface area (Å²) in [5.41, 5.74) is 2.35. The molecule has 3 amide bonds. The van der Waals surface area contributed by atoms with Crippen molar-refractivity contribution < 1.29 is 22.8 Å². The van der Waals surface area contributed by atoms with Gasteiger partial charge in [-0.05, 0) is 67.6 Å². The minimum absolute atomic E-state index is 0.229. The molecule has 3 aliphatic rings. The molecular formula is C23H23N3O5S. The molecular weight excluding hydrogens is 430 g/mol. The van der Waals surface area contributed by atoms with Crippen molar-refractivity contribution in [3.05, 3.63) is 58.7 Å². The fourth-order valence-corrected chi connectivity index (χ4v) is 6.24. The number of nitrogens with zero attached hydrogens (tertiary/aromatic N) is 3. The van der Waals surface area contributed by atoms with Crippen LogP contribution in [0.2, 0.25) is 0 Å². The van der Waals surface area contributed by atoms with Crippen LogP contribution in [0.3, 0.4) is 0 Å². The summed E-state index contributed by atoms with van der Waals surface area (Å²) in [5.74, 6) is -1.08. The van der Waals surface area contributed by atoms with Crippen LogP contribution in [-0.4, -0.2) is 62.0 Å². The van der Waals surface area contributed by atoms with E-state index >= 15 is 0 Å². The van der Waals surface area contributed by atoms with Crippen LogP contribution in [0.4, 0.5) is 5.69 Å². The molecule has 9 heteroatoms. The van der Waals surface area contributed by atoms with Crippen molar-refractivity contribution in [2.45, 2.75) is 30.6 Å². The van der Waals surface area contributed by atoms with Gasteiger partial charge in [-0.1, -0.05) is 0 Å². The van der Waals surface area contributed by atoms with Gasteiger partial charge >= 0.3 is 0 Å². The maximum atomic E-state index is 13.3. The van der Waals surface area contributed by atoms with Crippen LogP contribution in [0.25, 0.3) is 0 Å². The standard InChI is InChI=1S/C23H23N3O5S/c1-24-22(28)18-8-6-16(14-19(18)23(24)29)21(27)26-12-4-5-15-13-17(7-9-20(15)26)32(30,31)25-10-2-3-11-25/h6-9,13-14H,2-5,10-12H2,1H3. The van der Waals surface area contributed by atoms with E-state index in [1.165, 1.54) is 23.5 Å². The highest BCUT2D eigenvalue weighted by molar-refractivity contribution is 7.89. The molecule has 0 unspecified atom stereocenters. The van der Waals surface area contributed by atoms with Gasteiger partial charge in [-0.2, -0.15) is 4.31 Å². The van der Waals surface area contributed by atoms with Gasteiger partial charge < -0.3 is 4.90 Å². The minimum Gasteiger partial charge on any atom is -0.308 e. The molecule has 5 rings (SSSR count). The monoisotopic (exact) mass is 453 g/mol. The Hall–Kier alpha value is -3.04. The maximum absolute atomic E-state index is 13.3. The fraction of sp³-hybridized carbons (Fsp3) is 0.348. The Morgan fingerprint density at radius 1 is 0.875 bits per heavy atom. The van der Waals surface area contributed by atoms with E-state index in [-0.39, 0.29) is 22.3 Å². The summed E-state index contributed by atoms with van der Waals surface area (Å²) in [6.45, 7) is 1.57. The third-order valence-corrected chi connectivity index (χ3v) is 8.35. The van der Waals surface area contributed by atoms with E-state index in [0.717, 1.165) is 23.3 Å². The second kappa shape index (κ2) is 7.53. The normalized spacial score (nSPS) is 18.8. The van der Waals surface area contributed by atoms with Crippen molar-refractivity contribution in [3.8, 4) is 0 Å². The molecule has 3 heterocycles. The van der Waals surface area contributed by atoms with Crippen molar-refractivity contribution in [3.63, 3.8) is 0 Å². The van der Waals surface area contributed by atoms with Crippen LogP contribution in [0.5, 0.6) is 0 Å². The van der Waals surface area contributed by atoms with Crippen LogP contribution in [0.1, 0.15) is 55.9 Å². The molecule has 3 aliphatic heterocycles. The SMILES string of the molecule is CN1C(=O)c2ccc(C(=O)N3CCCc4cc(S(=O)(=O)N5CCCC5)ccc43)cc2C1=O. The number of hydrogen-bond acceptors (Lipinski definition) is 5. The number of carbonyl (C=O) groups is 3. The number of carbonyl (C=O) groups excluding carboxylic acids is 3. The Kier molecular flexibility index (Phi) is 4.90. The number of sulfonamides is 1. The van der Waals surface area contributed by atoms with E-state index < -0.39 is 15.9 Å². The molecule has 2 aromatic carbocycles. The van der Waals surface area contributed by atoms with Crippen molar-refractivity contribution in [2.75, 3.05) is 31.6 Å². The quantitative estimate of drug-likeness (QED) is 0.665. The average molecular weight is 454 g/mol. The predicted octanol–water partition coefficient (Wildman–Crippen LogP) is 2.29. The number of rotatable bonds is 3. The number of anilines is 1. The van der Waals surface area contributed by atoms with Crippen LogP contribution >= 0.6 is 0 Å². The number of hydrogen-bond donors (Lipinski definition) is 0. The van der Waals surface area contributed by atoms with E-state index in [9.17, 15) is 22.8 Å². The number of aryl methyl sites for hydroxylation is 1. The van der Waals surface area contributed by atoms with Gasteiger partial charge in [0.25, 0.3) is 17.7 Å². The largest absolute Gasteiger partial charge is 0.308 e. The van der Waals surface area contributed by atoms with Gasteiger partial charge in [0.15, 0.2) is 0 Å². The Morgan fingerprint density at radius 3 is 2.34 bits per heavy atom. The molecule has 0 N–H and O–H groups in total. The van der Waals surface area contributed by atoms with E-state index in [0.29, 0.717) is 49.3 Å². The molecule has 0 spiro atoms. The first-order valence-corrected chi connectivity index (χ1v) is 12.1. The molecule has 8 nitrogen and oxygen atoms in total. The lowest BCUT2D eigenvalue weighted by atomic mass is 9.99. The molecule has 0 bridgehead atoms. The summed E-state index contributed by atoms with van der Waals surface area (Å²) >= 11 is 0. The van der Waals surface area contributed by atoms with Crippen molar-refractivity contribution in [1.29, 1.82) is 0 Å². The number of fused-ring (bicyclic) bond motifs is 2. The summed E-state index contributed by atoms with van der Waals surface area (Å²) in [6, 6.07) is 9.50. The number of amides is 3. The van der Waals surface area contributed by atoms with Gasteiger partial charge in [0.05, 0.1) is 16.0 Å². The summed E-state index contributed by atoms with van der Waals surface area (Å²) in [4.78, 5) is 40.7. The highest BCUT2D eigenvalue weighted by Crippen LogP contribution is 2.33. The molecule has 0 aromatic heterocycles. The smallest absolute Gasteiger partial charge is 0.261 e. The third kappa shape index (κ3) is 3.15. The molecule has 2 aromatic rings. The van der Waals surface area contributed by atoms with Gasteiger partial charge in [-0.3, -0.25) is 19.3 Å². The second-order valence-electron chi connectivity index (χ2n) is 8.39. The van der Waals surface area contributed by atoms with Crippen LogP contribution in [-0.2, 0) is 16.4 Å². The van der Waals surface area contributed by atoms with Gasteiger partial charge in [0.2, 0.25) is 10.0 Å². The van der Waals surface area contributed by atoms with Gasteiger partial charge in [0, 0.05) is 37.9 Å². The molecule has 0 aliphatic carbocycles. The zero-order valence-corrected chi connectivity index (χ0v) is 18.5. The van der Waals surface area contributed by atoms with Crippen molar-refractivity contribution in [1.82, 2.24) is 9.21 Å². The van der Waals surface area contributed by atoms with Crippen LogP contribution < -0.4 is 4.90 Å². The van der Waals surface area contributed by atoms with E-state index in [4.69, 9.17) is 0 Å². The molecule has 166 valence electrons. The van der Waals surface area contributed by atoms with Crippen molar-refractivity contribution >= 4 is 33.4 Å². The number of benzene rings is 2. The fourth-order valence-electron chi connectivity index (χ4n) is 4.67. The number of imide groups is 1. The molecule has 0 saturated carbocycles. The predicted molar refractivity (Wildman–Crippen MR) is 117 cm³/mol.